The quantitative estimate of drug-likeness (QED) is 0.619. The van der Waals surface area contributed by atoms with E-state index in [1.54, 1.807) is 12.1 Å². The number of hydrazone groups is 1. The van der Waals surface area contributed by atoms with Crippen LogP contribution >= 0.6 is 0 Å². The number of sulfonamides is 1. The van der Waals surface area contributed by atoms with Crippen LogP contribution in [0, 0.1) is 13.8 Å². The molecule has 1 heterocycles. The van der Waals surface area contributed by atoms with Gasteiger partial charge in [-0.1, -0.05) is 23.8 Å². The first-order chi connectivity index (χ1) is 13.3. The van der Waals surface area contributed by atoms with Crippen LogP contribution in [0.1, 0.15) is 46.8 Å². The number of nitrogens with zero attached hydrogens (tertiary/aromatic N) is 2. The summed E-state index contributed by atoms with van der Waals surface area (Å²) in [4.78, 5) is 12.6. The minimum atomic E-state index is -3.56. The molecule has 0 aromatic heterocycles. The number of hydrogen-bond donors (Lipinski definition) is 1. The summed E-state index contributed by atoms with van der Waals surface area (Å²) in [5.74, 6) is -0.442. The lowest BCUT2D eigenvalue weighted by molar-refractivity contribution is 0.0954. The first-order valence-electron chi connectivity index (χ1n) is 9.31. The third kappa shape index (κ3) is 4.31. The number of benzene rings is 2. The highest BCUT2D eigenvalue weighted by Crippen LogP contribution is 2.21. The smallest absolute Gasteiger partial charge is 0.267 e. The van der Waals surface area contributed by atoms with E-state index < -0.39 is 15.9 Å². The number of aryl methyl sites for hydroxylation is 2. The number of hydrogen-bond acceptors (Lipinski definition) is 4. The van der Waals surface area contributed by atoms with Gasteiger partial charge in [-0.25, -0.2) is 13.8 Å². The molecular weight excluding hydrogens is 374 g/mol. The monoisotopic (exact) mass is 399 g/mol. The van der Waals surface area contributed by atoms with Crippen molar-refractivity contribution in [1.29, 1.82) is 0 Å². The molecule has 1 fully saturated rings. The third-order valence-corrected chi connectivity index (χ3v) is 6.80. The van der Waals surface area contributed by atoms with Gasteiger partial charge in [0.2, 0.25) is 10.0 Å². The second-order valence-electron chi connectivity index (χ2n) is 7.10. The van der Waals surface area contributed by atoms with Crippen molar-refractivity contribution in [2.24, 2.45) is 5.10 Å². The molecule has 0 unspecified atom stereocenters. The second-order valence-corrected chi connectivity index (χ2v) is 9.03. The number of carbonyl (C=O) groups is 1. The highest BCUT2D eigenvalue weighted by Gasteiger charge is 2.27. The van der Waals surface area contributed by atoms with E-state index in [0.717, 1.165) is 29.5 Å². The van der Waals surface area contributed by atoms with Gasteiger partial charge in [0, 0.05) is 24.2 Å². The zero-order valence-corrected chi connectivity index (χ0v) is 17.2. The van der Waals surface area contributed by atoms with Crippen molar-refractivity contribution in [2.45, 2.75) is 38.5 Å². The molecule has 0 radical (unpaired) electrons. The molecule has 1 aliphatic rings. The van der Waals surface area contributed by atoms with Crippen LogP contribution in [0.15, 0.2) is 52.5 Å². The zero-order valence-electron chi connectivity index (χ0n) is 16.4. The normalized spacial score (nSPS) is 15.6. The Morgan fingerprint density at radius 1 is 1.07 bits per heavy atom. The van der Waals surface area contributed by atoms with Crippen molar-refractivity contribution in [3.8, 4) is 0 Å². The summed E-state index contributed by atoms with van der Waals surface area (Å²) < 4.78 is 26.9. The van der Waals surface area contributed by atoms with Crippen LogP contribution in [0.3, 0.4) is 0 Å². The lowest BCUT2D eigenvalue weighted by Crippen LogP contribution is -2.28. The summed E-state index contributed by atoms with van der Waals surface area (Å²) in [6.07, 6.45) is 1.73. The number of nitrogens with one attached hydrogen (secondary N) is 1. The van der Waals surface area contributed by atoms with Gasteiger partial charge in [-0.05, 0) is 63.4 Å². The molecular formula is C21H25N3O3S. The SMILES string of the molecule is C/C(=N/NC(=O)c1cccc(S(=O)(=O)N2CCCC2)c1)c1cc(C)ccc1C. The van der Waals surface area contributed by atoms with Crippen LogP contribution in [-0.4, -0.2) is 37.4 Å². The summed E-state index contributed by atoms with van der Waals surface area (Å²) in [5.41, 5.74) is 6.63. The topological polar surface area (TPSA) is 78.8 Å². The minimum absolute atomic E-state index is 0.136. The maximum absolute atomic E-state index is 12.7. The summed E-state index contributed by atoms with van der Waals surface area (Å²) in [6, 6.07) is 12.2. The maximum Gasteiger partial charge on any atom is 0.271 e. The molecule has 0 aliphatic carbocycles. The van der Waals surface area contributed by atoms with Gasteiger partial charge in [-0.15, -0.1) is 0 Å². The Balaban J connectivity index is 1.79. The first-order valence-corrected chi connectivity index (χ1v) is 10.8. The van der Waals surface area contributed by atoms with Crippen molar-refractivity contribution in [1.82, 2.24) is 9.73 Å². The Morgan fingerprint density at radius 2 is 1.79 bits per heavy atom. The summed E-state index contributed by atoms with van der Waals surface area (Å²) >= 11 is 0. The van der Waals surface area contributed by atoms with Crippen molar-refractivity contribution in [2.75, 3.05) is 13.1 Å². The van der Waals surface area contributed by atoms with E-state index in [-0.39, 0.29) is 10.5 Å². The number of rotatable bonds is 5. The fourth-order valence-electron chi connectivity index (χ4n) is 3.26. The molecule has 1 amide bonds. The highest BCUT2D eigenvalue weighted by molar-refractivity contribution is 7.89. The largest absolute Gasteiger partial charge is 0.271 e. The fraction of sp³-hybridized carbons (Fsp3) is 0.333. The van der Waals surface area contributed by atoms with Gasteiger partial charge in [-0.2, -0.15) is 9.41 Å². The average molecular weight is 400 g/mol. The molecule has 7 heteroatoms. The van der Waals surface area contributed by atoms with Crippen molar-refractivity contribution in [3.63, 3.8) is 0 Å². The summed E-state index contributed by atoms with van der Waals surface area (Å²) in [7, 11) is -3.56. The van der Waals surface area contributed by atoms with Crippen LogP contribution in [-0.2, 0) is 10.0 Å². The van der Waals surface area contributed by atoms with Gasteiger partial charge >= 0.3 is 0 Å². The summed E-state index contributed by atoms with van der Waals surface area (Å²) in [5, 5.41) is 4.20. The Bertz CT molecular complexity index is 1020. The van der Waals surface area contributed by atoms with E-state index in [4.69, 9.17) is 0 Å². The van der Waals surface area contributed by atoms with Gasteiger partial charge in [0.05, 0.1) is 10.6 Å². The van der Waals surface area contributed by atoms with Gasteiger partial charge in [0.15, 0.2) is 0 Å². The van der Waals surface area contributed by atoms with Crippen molar-refractivity contribution in [3.05, 3.63) is 64.7 Å². The molecule has 2 aromatic carbocycles. The molecule has 1 N–H and O–H groups in total. The van der Waals surface area contributed by atoms with Crippen LogP contribution < -0.4 is 5.43 Å². The minimum Gasteiger partial charge on any atom is -0.267 e. The predicted octanol–water partition coefficient (Wildman–Crippen LogP) is 3.24. The molecule has 1 aliphatic heterocycles. The Hall–Kier alpha value is -2.51. The molecule has 0 atom stereocenters. The molecule has 28 heavy (non-hydrogen) atoms. The van der Waals surface area contributed by atoms with Crippen molar-refractivity contribution >= 4 is 21.6 Å². The summed E-state index contributed by atoms with van der Waals surface area (Å²) in [6.45, 7) is 6.87. The Labute approximate surface area is 166 Å². The molecule has 148 valence electrons. The third-order valence-electron chi connectivity index (χ3n) is 4.91. The van der Waals surface area contributed by atoms with Gasteiger partial charge < -0.3 is 0 Å². The second kappa shape index (κ2) is 8.24. The van der Waals surface area contributed by atoms with E-state index >= 15 is 0 Å². The molecule has 1 saturated heterocycles. The maximum atomic E-state index is 12.7. The number of carbonyl (C=O) groups excluding carboxylic acids is 1. The van der Waals surface area contributed by atoms with E-state index in [9.17, 15) is 13.2 Å². The van der Waals surface area contributed by atoms with Crippen LogP contribution in [0.5, 0.6) is 0 Å². The molecule has 0 saturated carbocycles. The van der Waals surface area contributed by atoms with Crippen LogP contribution in [0.4, 0.5) is 0 Å². The van der Waals surface area contributed by atoms with Gasteiger partial charge in [-0.3, -0.25) is 4.79 Å². The average Bonchev–Trinajstić information content (AvgIpc) is 3.23. The highest BCUT2D eigenvalue weighted by atomic mass is 32.2. The van der Waals surface area contributed by atoms with E-state index in [1.165, 1.54) is 16.4 Å². The predicted molar refractivity (Wildman–Crippen MR) is 110 cm³/mol. The van der Waals surface area contributed by atoms with Crippen LogP contribution in [0.25, 0.3) is 0 Å². The van der Waals surface area contributed by atoms with Gasteiger partial charge in [0.1, 0.15) is 0 Å². The molecule has 2 aromatic rings. The molecule has 6 nitrogen and oxygen atoms in total. The lowest BCUT2D eigenvalue weighted by Gasteiger charge is -2.15. The molecule has 0 bridgehead atoms. The Kier molecular flexibility index (Phi) is 5.96. The molecule has 0 spiro atoms. The lowest BCUT2D eigenvalue weighted by atomic mass is 10.0. The molecule has 3 rings (SSSR count). The van der Waals surface area contributed by atoms with Crippen LogP contribution in [0.2, 0.25) is 0 Å². The van der Waals surface area contributed by atoms with E-state index in [2.05, 4.69) is 10.5 Å². The standard InChI is InChI=1S/C21H25N3O3S/c1-15-9-10-16(2)20(13-15)17(3)22-23-21(25)18-7-6-8-19(14-18)28(26,27)24-11-4-5-12-24/h6-10,13-14H,4-5,11-12H2,1-3H3,(H,23,25)/b22-17-. The Morgan fingerprint density at radius 3 is 2.50 bits per heavy atom. The fourth-order valence-corrected chi connectivity index (χ4v) is 4.82. The zero-order chi connectivity index (χ0) is 20.3. The van der Waals surface area contributed by atoms with E-state index in [1.807, 2.05) is 39.0 Å². The van der Waals surface area contributed by atoms with Crippen molar-refractivity contribution < 1.29 is 13.2 Å². The number of amides is 1. The van der Waals surface area contributed by atoms with E-state index in [0.29, 0.717) is 18.8 Å². The first kappa shape index (κ1) is 20.2. The van der Waals surface area contributed by atoms with Gasteiger partial charge in [0.25, 0.3) is 5.91 Å².